The van der Waals surface area contributed by atoms with Crippen LogP contribution in [0.1, 0.15) is 47.8 Å². The van der Waals surface area contributed by atoms with E-state index < -0.39 is 16.1 Å². The largest absolute Gasteiger partial charge is 0.496 e. The molecule has 0 aliphatic carbocycles. The van der Waals surface area contributed by atoms with Crippen LogP contribution in [0.15, 0.2) is 41.3 Å². The first kappa shape index (κ1) is 22.7. The van der Waals surface area contributed by atoms with Crippen LogP contribution in [0.4, 0.5) is 0 Å². The van der Waals surface area contributed by atoms with Crippen LogP contribution in [0.5, 0.6) is 11.5 Å². The topological polar surface area (TPSA) is 93.7 Å². The van der Waals surface area contributed by atoms with Crippen molar-refractivity contribution in [2.45, 2.75) is 38.1 Å². The Morgan fingerprint density at radius 1 is 1.03 bits per heavy atom. The van der Waals surface area contributed by atoms with Gasteiger partial charge in [-0.3, -0.25) is 4.79 Å². The summed E-state index contributed by atoms with van der Waals surface area (Å²) in [6.07, 6.45) is 0.560. The van der Waals surface area contributed by atoms with Gasteiger partial charge in [-0.2, -0.15) is 0 Å². The number of carbonyl (C=O) groups excluding carboxylic acids is 1. The van der Waals surface area contributed by atoms with Crippen LogP contribution in [-0.4, -0.2) is 35.1 Å². The highest BCUT2D eigenvalue weighted by Gasteiger charge is 2.23. The second-order valence-corrected chi connectivity index (χ2v) is 8.25. The number of aryl methyl sites for hydroxylation is 1. The molecule has 8 heteroatoms. The average molecular weight is 421 g/mol. The summed E-state index contributed by atoms with van der Waals surface area (Å²) in [5.41, 5.74) is 1.93. The quantitative estimate of drug-likeness (QED) is 0.650. The minimum absolute atomic E-state index is 0.00300. The standard InChI is InChI=1S/C21H28N2O5S/c1-6-18(15-8-10-19(27-4)14(3)12-15)23-29(25,26)16-9-11-20(28-5)17(13-16)21(24)22-7-2/h8-13,18,23H,6-7H2,1-5H3,(H,22,24). The Hall–Kier alpha value is -2.58. The second-order valence-electron chi connectivity index (χ2n) is 6.53. The van der Waals surface area contributed by atoms with Crippen molar-refractivity contribution in [2.24, 2.45) is 0 Å². The van der Waals surface area contributed by atoms with Gasteiger partial charge in [0.1, 0.15) is 11.5 Å². The molecule has 0 spiro atoms. The van der Waals surface area contributed by atoms with E-state index in [2.05, 4.69) is 10.0 Å². The predicted molar refractivity (Wildman–Crippen MR) is 112 cm³/mol. The first-order valence-electron chi connectivity index (χ1n) is 9.40. The van der Waals surface area contributed by atoms with Crippen LogP contribution in [0.3, 0.4) is 0 Å². The molecule has 2 N–H and O–H groups in total. The third kappa shape index (κ3) is 5.27. The third-order valence-electron chi connectivity index (χ3n) is 4.59. The maximum absolute atomic E-state index is 13.0. The average Bonchev–Trinajstić information content (AvgIpc) is 2.71. The number of methoxy groups -OCH3 is 2. The number of sulfonamides is 1. The van der Waals surface area contributed by atoms with Gasteiger partial charge in [-0.05, 0) is 55.7 Å². The zero-order chi connectivity index (χ0) is 21.6. The summed E-state index contributed by atoms with van der Waals surface area (Å²) in [7, 11) is -0.832. The van der Waals surface area contributed by atoms with Crippen molar-refractivity contribution in [1.29, 1.82) is 0 Å². The zero-order valence-corrected chi connectivity index (χ0v) is 18.2. The van der Waals surface area contributed by atoms with Gasteiger partial charge in [0.25, 0.3) is 5.91 Å². The normalized spacial score (nSPS) is 12.3. The molecule has 0 fully saturated rings. The van der Waals surface area contributed by atoms with Crippen molar-refractivity contribution < 1.29 is 22.7 Å². The highest BCUT2D eigenvalue weighted by Crippen LogP contribution is 2.27. The fourth-order valence-corrected chi connectivity index (χ4v) is 4.38. The molecule has 158 valence electrons. The maximum Gasteiger partial charge on any atom is 0.255 e. The van der Waals surface area contributed by atoms with Gasteiger partial charge in [0, 0.05) is 12.6 Å². The fraction of sp³-hybridized carbons (Fsp3) is 0.381. The summed E-state index contributed by atoms with van der Waals surface area (Å²) in [6, 6.07) is 9.40. The number of ether oxygens (including phenoxy) is 2. The van der Waals surface area contributed by atoms with Gasteiger partial charge in [0.05, 0.1) is 24.7 Å². The highest BCUT2D eigenvalue weighted by molar-refractivity contribution is 7.89. The number of hydrogen-bond donors (Lipinski definition) is 2. The summed E-state index contributed by atoms with van der Waals surface area (Å²) >= 11 is 0. The van der Waals surface area contributed by atoms with Crippen LogP contribution < -0.4 is 19.5 Å². The number of rotatable bonds is 9. The monoisotopic (exact) mass is 420 g/mol. The van der Waals surface area contributed by atoms with Gasteiger partial charge < -0.3 is 14.8 Å². The van der Waals surface area contributed by atoms with E-state index in [0.29, 0.717) is 18.7 Å². The maximum atomic E-state index is 13.0. The molecule has 0 bridgehead atoms. The SMILES string of the molecule is CCNC(=O)c1cc(S(=O)(=O)NC(CC)c2ccc(OC)c(C)c2)ccc1OC. The summed E-state index contributed by atoms with van der Waals surface area (Å²) in [5.74, 6) is 0.667. The van der Waals surface area contributed by atoms with Crippen molar-refractivity contribution in [1.82, 2.24) is 10.0 Å². The first-order valence-corrected chi connectivity index (χ1v) is 10.9. The minimum atomic E-state index is -3.86. The van der Waals surface area contributed by atoms with E-state index in [1.165, 1.54) is 25.3 Å². The Balaban J connectivity index is 2.37. The van der Waals surface area contributed by atoms with E-state index in [-0.39, 0.29) is 16.4 Å². The van der Waals surface area contributed by atoms with Gasteiger partial charge in [0.2, 0.25) is 10.0 Å². The second kappa shape index (κ2) is 9.76. The smallest absolute Gasteiger partial charge is 0.255 e. The van der Waals surface area contributed by atoms with Crippen LogP contribution in [-0.2, 0) is 10.0 Å². The van der Waals surface area contributed by atoms with Crippen molar-refractivity contribution in [3.8, 4) is 11.5 Å². The van der Waals surface area contributed by atoms with E-state index in [1.54, 1.807) is 14.0 Å². The molecular formula is C21H28N2O5S. The van der Waals surface area contributed by atoms with E-state index in [4.69, 9.17) is 9.47 Å². The molecule has 0 aliphatic rings. The molecule has 0 saturated heterocycles. The summed E-state index contributed by atoms with van der Waals surface area (Å²) in [6.45, 7) is 6.02. The molecule has 1 unspecified atom stereocenters. The third-order valence-corrected chi connectivity index (χ3v) is 6.06. The molecule has 7 nitrogen and oxygen atoms in total. The van der Waals surface area contributed by atoms with Gasteiger partial charge in [-0.15, -0.1) is 0 Å². The molecule has 2 rings (SSSR count). The number of carbonyl (C=O) groups is 1. The van der Waals surface area contributed by atoms with Crippen molar-refractivity contribution >= 4 is 15.9 Å². The molecule has 2 aromatic rings. The lowest BCUT2D eigenvalue weighted by atomic mass is 10.0. The molecule has 29 heavy (non-hydrogen) atoms. The first-order chi connectivity index (χ1) is 13.8. The molecule has 0 aromatic heterocycles. The molecule has 1 atom stereocenters. The Kier molecular flexibility index (Phi) is 7.64. The van der Waals surface area contributed by atoms with E-state index >= 15 is 0 Å². The van der Waals surface area contributed by atoms with Crippen LogP contribution in [0.25, 0.3) is 0 Å². The molecule has 0 saturated carbocycles. The van der Waals surface area contributed by atoms with Gasteiger partial charge in [-0.25, -0.2) is 13.1 Å². The Labute approximate surface area is 172 Å². The number of amides is 1. The summed E-state index contributed by atoms with van der Waals surface area (Å²) < 4.78 is 39.2. The summed E-state index contributed by atoms with van der Waals surface area (Å²) in [5, 5.41) is 2.66. The van der Waals surface area contributed by atoms with Gasteiger partial charge >= 0.3 is 0 Å². The Morgan fingerprint density at radius 2 is 1.69 bits per heavy atom. The van der Waals surface area contributed by atoms with Crippen molar-refractivity contribution in [2.75, 3.05) is 20.8 Å². The lowest BCUT2D eigenvalue weighted by molar-refractivity contribution is 0.0952. The molecule has 0 aliphatic heterocycles. The van der Waals surface area contributed by atoms with Crippen LogP contribution in [0, 0.1) is 6.92 Å². The van der Waals surface area contributed by atoms with E-state index in [0.717, 1.165) is 16.9 Å². The Bertz CT molecular complexity index is 973. The van der Waals surface area contributed by atoms with E-state index in [1.807, 2.05) is 32.0 Å². The van der Waals surface area contributed by atoms with Gasteiger partial charge in [0.15, 0.2) is 0 Å². The molecule has 0 radical (unpaired) electrons. The summed E-state index contributed by atoms with van der Waals surface area (Å²) in [4.78, 5) is 12.3. The predicted octanol–water partition coefficient (Wildman–Crippen LogP) is 3.19. The molecule has 0 heterocycles. The zero-order valence-electron chi connectivity index (χ0n) is 17.4. The minimum Gasteiger partial charge on any atom is -0.496 e. The molecule has 1 amide bonds. The number of hydrogen-bond acceptors (Lipinski definition) is 5. The fourth-order valence-electron chi connectivity index (χ4n) is 3.05. The highest BCUT2D eigenvalue weighted by atomic mass is 32.2. The molecular weight excluding hydrogens is 392 g/mol. The van der Waals surface area contributed by atoms with Crippen LogP contribution in [0.2, 0.25) is 0 Å². The lowest BCUT2D eigenvalue weighted by Crippen LogP contribution is -2.29. The van der Waals surface area contributed by atoms with Crippen molar-refractivity contribution in [3.05, 3.63) is 53.1 Å². The van der Waals surface area contributed by atoms with E-state index in [9.17, 15) is 13.2 Å². The van der Waals surface area contributed by atoms with Crippen molar-refractivity contribution in [3.63, 3.8) is 0 Å². The van der Waals surface area contributed by atoms with Crippen LogP contribution >= 0.6 is 0 Å². The van der Waals surface area contributed by atoms with Gasteiger partial charge in [-0.1, -0.05) is 19.1 Å². The number of benzene rings is 2. The molecule has 2 aromatic carbocycles. The number of nitrogens with one attached hydrogen (secondary N) is 2. The Morgan fingerprint density at radius 3 is 2.24 bits per heavy atom. The lowest BCUT2D eigenvalue weighted by Gasteiger charge is -2.19.